The molecule has 116 valence electrons. The summed E-state index contributed by atoms with van der Waals surface area (Å²) in [5.74, 6) is 0. The molecule has 20 heavy (non-hydrogen) atoms. The van der Waals surface area contributed by atoms with E-state index in [1.54, 1.807) is 13.8 Å². The summed E-state index contributed by atoms with van der Waals surface area (Å²) < 4.78 is 19.8. The molecule has 1 rings (SSSR count). The lowest BCUT2D eigenvalue weighted by molar-refractivity contribution is -0.0762. The minimum absolute atomic E-state index is 0.119. The van der Waals surface area contributed by atoms with Crippen LogP contribution in [0.25, 0.3) is 0 Å². The summed E-state index contributed by atoms with van der Waals surface area (Å²) in [5, 5.41) is 8.56. The van der Waals surface area contributed by atoms with Crippen molar-refractivity contribution in [3.63, 3.8) is 0 Å². The van der Waals surface area contributed by atoms with E-state index in [0.717, 1.165) is 12.8 Å². The zero-order chi connectivity index (χ0) is 15.0. The van der Waals surface area contributed by atoms with Gasteiger partial charge in [-0.3, -0.25) is 0 Å². The molecule has 0 aromatic heterocycles. The number of aliphatic hydroxyl groups is 1. The molecule has 2 atom stereocenters. The Morgan fingerprint density at radius 1 is 1.10 bits per heavy atom. The van der Waals surface area contributed by atoms with E-state index in [1.807, 2.05) is 0 Å². The molecule has 1 fully saturated rings. The molecule has 1 N–H and O–H groups in total. The predicted molar refractivity (Wildman–Crippen MR) is 68.3 cm³/mol. The van der Waals surface area contributed by atoms with Gasteiger partial charge in [0, 0.05) is 0 Å². The van der Waals surface area contributed by atoms with E-state index in [-0.39, 0.29) is 19.3 Å². The maximum atomic E-state index is 11.5. The maximum absolute atomic E-state index is 11.5. The Labute approximate surface area is 118 Å². The van der Waals surface area contributed by atoms with E-state index in [9.17, 15) is 9.59 Å². The van der Waals surface area contributed by atoms with Gasteiger partial charge in [0.1, 0.15) is 18.8 Å². The van der Waals surface area contributed by atoms with Gasteiger partial charge in [0.15, 0.2) is 0 Å². The summed E-state index contributed by atoms with van der Waals surface area (Å²) >= 11 is 0. The van der Waals surface area contributed by atoms with Gasteiger partial charge in [0.25, 0.3) is 0 Å². The van der Waals surface area contributed by atoms with Crippen LogP contribution < -0.4 is 0 Å². The van der Waals surface area contributed by atoms with Crippen molar-refractivity contribution in [1.29, 1.82) is 0 Å². The minimum atomic E-state index is -0.864. The molecule has 0 aromatic carbocycles. The van der Waals surface area contributed by atoms with Gasteiger partial charge in [0.2, 0.25) is 0 Å². The third-order valence-corrected chi connectivity index (χ3v) is 2.78. The van der Waals surface area contributed by atoms with Crippen LogP contribution in [0.3, 0.4) is 0 Å². The Balaban J connectivity index is 2.45. The van der Waals surface area contributed by atoms with Crippen LogP contribution in [0.2, 0.25) is 0 Å². The van der Waals surface area contributed by atoms with Crippen LogP contribution in [0.4, 0.5) is 9.59 Å². The first-order valence-electron chi connectivity index (χ1n) is 6.84. The SMILES string of the molecule is CC(C)OC(=O)OC1CCCCC1OC(=O)OCCO. The first-order valence-corrected chi connectivity index (χ1v) is 6.84. The number of rotatable bonds is 5. The highest BCUT2D eigenvalue weighted by Crippen LogP contribution is 2.24. The number of carbonyl (C=O) groups excluding carboxylic acids is 2. The Morgan fingerprint density at radius 3 is 2.15 bits per heavy atom. The fraction of sp³-hybridized carbons (Fsp3) is 0.846. The van der Waals surface area contributed by atoms with Crippen molar-refractivity contribution in [3.05, 3.63) is 0 Å². The fourth-order valence-electron chi connectivity index (χ4n) is 1.96. The second-order valence-electron chi connectivity index (χ2n) is 4.84. The Hall–Kier alpha value is -1.50. The highest BCUT2D eigenvalue weighted by molar-refractivity contribution is 5.61. The molecule has 1 aliphatic carbocycles. The monoisotopic (exact) mass is 290 g/mol. The van der Waals surface area contributed by atoms with E-state index in [0.29, 0.717) is 12.8 Å². The van der Waals surface area contributed by atoms with Crippen LogP contribution in [0, 0.1) is 0 Å². The zero-order valence-electron chi connectivity index (χ0n) is 11.9. The van der Waals surface area contributed by atoms with Gasteiger partial charge in [0.05, 0.1) is 12.7 Å². The van der Waals surface area contributed by atoms with Crippen LogP contribution in [-0.2, 0) is 18.9 Å². The number of carbonyl (C=O) groups is 2. The number of aliphatic hydroxyl groups excluding tert-OH is 1. The van der Waals surface area contributed by atoms with Gasteiger partial charge in [-0.1, -0.05) is 0 Å². The lowest BCUT2D eigenvalue weighted by Gasteiger charge is -2.30. The topological polar surface area (TPSA) is 91.3 Å². The van der Waals surface area contributed by atoms with Crippen molar-refractivity contribution in [2.45, 2.75) is 57.8 Å². The number of hydrogen-bond acceptors (Lipinski definition) is 7. The first kappa shape index (κ1) is 16.6. The number of ether oxygens (including phenoxy) is 4. The van der Waals surface area contributed by atoms with Crippen LogP contribution in [-0.4, -0.2) is 48.9 Å². The van der Waals surface area contributed by atoms with Gasteiger partial charge in [-0.25, -0.2) is 9.59 Å². The van der Waals surface area contributed by atoms with Crippen molar-refractivity contribution in [3.8, 4) is 0 Å². The summed E-state index contributed by atoms with van der Waals surface area (Å²) in [4.78, 5) is 22.8. The highest BCUT2D eigenvalue weighted by Gasteiger charge is 2.32. The van der Waals surface area contributed by atoms with Crippen LogP contribution in [0.5, 0.6) is 0 Å². The second-order valence-corrected chi connectivity index (χ2v) is 4.84. The van der Waals surface area contributed by atoms with Crippen molar-refractivity contribution < 1.29 is 33.6 Å². The molecule has 7 nitrogen and oxygen atoms in total. The number of hydrogen-bond donors (Lipinski definition) is 1. The first-order chi connectivity index (χ1) is 9.52. The Morgan fingerprint density at radius 2 is 1.65 bits per heavy atom. The summed E-state index contributed by atoms with van der Waals surface area (Å²) in [7, 11) is 0. The van der Waals surface area contributed by atoms with Gasteiger partial charge < -0.3 is 24.1 Å². The molecular weight excluding hydrogens is 268 g/mol. The van der Waals surface area contributed by atoms with E-state index < -0.39 is 24.5 Å². The molecule has 0 heterocycles. The molecule has 0 saturated heterocycles. The molecule has 0 bridgehead atoms. The summed E-state index contributed by atoms with van der Waals surface area (Å²) in [5.41, 5.74) is 0. The third kappa shape index (κ3) is 6.10. The Bertz CT molecular complexity index is 316. The summed E-state index contributed by atoms with van der Waals surface area (Å²) in [6, 6.07) is 0. The molecule has 0 spiro atoms. The van der Waals surface area contributed by atoms with Gasteiger partial charge in [-0.2, -0.15) is 0 Å². The molecule has 1 saturated carbocycles. The van der Waals surface area contributed by atoms with Crippen molar-refractivity contribution in [1.82, 2.24) is 0 Å². The normalized spacial score (nSPS) is 22.2. The van der Waals surface area contributed by atoms with Crippen LogP contribution >= 0.6 is 0 Å². The maximum Gasteiger partial charge on any atom is 0.508 e. The lowest BCUT2D eigenvalue weighted by atomic mass is 9.95. The van der Waals surface area contributed by atoms with Crippen LogP contribution in [0.15, 0.2) is 0 Å². The van der Waals surface area contributed by atoms with Gasteiger partial charge >= 0.3 is 12.3 Å². The average Bonchev–Trinajstić information content (AvgIpc) is 2.37. The largest absolute Gasteiger partial charge is 0.508 e. The van der Waals surface area contributed by atoms with E-state index >= 15 is 0 Å². The summed E-state index contributed by atoms with van der Waals surface area (Å²) in [6.07, 6.45) is 0.0635. The van der Waals surface area contributed by atoms with E-state index in [2.05, 4.69) is 4.74 Å². The molecule has 2 unspecified atom stereocenters. The summed E-state index contributed by atoms with van der Waals surface area (Å²) in [6.45, 7) is 3.07. The Kier molecular flexibility index (Phi) is 7.14. The zero-order valence-corrected chi connectivity index (χ0v) is 11.9. The third-order valence-electron chi connectivity index (χ3n) is 2.78. The average molecular weight is 290 g/mol. The van der Waals surface area contributed by atoms with Gasteiger partial charge in [-0.05, 0) is 39.5 Å². The highest BCUT2D eigenvalue weighted by atomic mass is 16.8. The molecule has 0 radical (unpaired) electrons. The van der Waals surface area contributed by atoms with E-state index in [1.165, 1.54) is 0 Å². The second kappa shape index (κ2) is 8.63. The molecule has 0 aromatic rings. The van der Waals surface area contributed by atoms with E-state index in [4.69, 9.17) is 19.3 Å². The van der Waals surface area contributed by atoms with Crippen LogP contribution in [0.1, 0.15) is 39.5 Å². The molecule has 7 heteroatoms. The molecule has 0 amide bonds. The lowest BCUT2D eigenvalue weighted by Crippen LogP contribution is -2.38. The standard InChI is InChI=1S/C13H22O7/c1-9(2)18-13(16)20-11-6-4-3-5-10(11)19-12(15)17-8-7-14/h9-11,14H,3-8H2,1-2H3. The van der Waals surface area contributed by atoms with Crippen molar-refractivity contribution in [2.24, 2.45) is 0 Å². The smallest absolute Gasteiger partial charge is 0.432 e. The molecule has 1 aliphatic rings. The molecular formula is C13H22O7. The quantitative estimate of drug-likeness (QED) is 0.774. The minimum Gasteiger partial charge on any atom is -0.432 e. The van der Waals surface area contributed by atoms with Crippen molar-refractivity contribution in [2.75, 3.05) is 13.2 Å². The molecule has 0 aliphatic heterocycles. The van der Waals surface area contributed by atoms with Crippen molar-refractivity contribution >= 4 is 12.3 Å². The predicted octanol–water partition coefficient (Wildman–Crippen LogP) is 2.00. The fourth-order valence-corrected chi connectivity index (χ4v) is 1.96. The van der Waals surface area contributed by atoms with Gasteiger partial charge in [-0.15, -0.1) is 0 Å².